The van der Waals surface area contributed by atoms with Crippen molar-refractivity contribution in [3.63, 3.8) is 0 Å². The van der Waals surface area contributed by atoms with Gasteiger partial charge in [-0.15, -0.1) is 0 Å². The number of hydrogen-bond donors (Lipinski definition) is 0. The molecular weight excluding hydrogens is 386 g/mol. The SMILES string of the molecule is O=[N+]([O-])c1ccc(N=C2CC=Cc3ccccc32)c(N=C2CC=Cc3ccccc32)c1. The third-order valence-electron chi connectivity index (χ3n) is 5.44. The van der Waals surface area contributed by atoms with Crippen LogP contribution in [0.2, 0.25) is 0 Å². The van der Waals surface area contributed by atoms with Crippen LogP contribution in [0, 0.1) is 10.1 Å². The van der Waals surface area contributed by atoms with Crippen LogP contribution < -0.4 is 0 Å². The molecule has 0 spiro atoms. The highest BCUT2D eigenvalue weighted by atomic mass is 16.6. The fourth-order valence-electron chi connectivity index (χ4n) is 3.94. The predicted molar refractivity (Wildman–Crippen MR) is 126 cm³/mol. The third-order valence-corrected chi connectivity index (χ3v) is 5.44. The second-order valence-corrected chi connectivity index (χ2v) is 7.43. The summed E-state index contributed by atoms with van der Waals surface area (Å²) < 4.78 is 0. The first-order chi connectivity index (χ1) is 15.2. The lowest BCUT2D eigenvalue weighted by molar-refractivity contribution is -0.384. The molecule has 5 nitrogen and oxygen atoms in total. The van der Waals surface area contributed by atoms with Gasteiger partial charge in [0.25, 0.3) is 5.69 Å². The molecule has 0 fully saturated rings. The van der Waals surface area contributed by atoms with Crippen LogP contribution in [-0.4, -0.2) is 16.3 Å². The largest absolute Gasteiger partial charge is 0.271 e. The molecule has 150 valence electrons. The molecule has 31 heavy (non-hydrogen) atoms. The number of benzene rings is 3. The van der Waals surface area contributed by atoms with E-state index >= 15 is 0 Å². The van der Waals surface area contributed by atoms with Crippen molar-refractivity contribution in [1.82, 2.24) is 0 Å². The van der Waals surface area contributed by atoms with Gasteiger partial charge in [0.05, 0.1) is 27.7 Å². The number of rotatable bonds is 3. The van der Waals surface area contributed by atoms with E-state index in [1.54, 1.807) is 6.07 Å². The zero-order valence-corrected chi connectivity index (χ0v) is 16.7. The van der Waals surface area contributed by atoms with Crippen LogP contribution in [0.15, 0.2) is 88.9 Å². The summed E-state index contributed by atoms with van der Waals surface area (Å²) in [6, 6.07) is 20.8. The Morgan fingerprint density at radius 2 is 1.26 bits per heavy atom. The van der Waals surface area contributed by atoms with E-state index in [2.05, 4.69) is 36.4 Å². The summed E-state index contributed by atoms with van der Waals surface area (Å²) in [6.45, 7) is 0. The number of allylic oxidation sites excluding steroid dienone is 2. The van der Waals surface area contributed by atoms with E-state index < -0.39 is 4.92 Å². The lowest BCUT2D eigenvalue weighted by Crippen LogP contribution is -2.06. The van der Waals surface area contributed by atoms with E-state index in [0.29, 0.717) is 24.2 Å². The van der Waals surface area contributed by atoms with E-state index in [-0.39, 0.29) is 5.69 Å². The number of nitrogens with zero attached hydrogens (tertiary/aromatic N) is 3. The molecule has 0 heterocycles. The van der Waals surface area contributed by atoms with Gasteiger partial charge in [-0.1, -0.05) is 72.8 Å². The second-order valence-electron chi connectivity index (χ2n) is 7.43. The monoisotopic (exact) mass is 405 g/mol. The average Bonchev–Trinajstić information content (AvgIpc) is 2.80. The van der Waals surface area contributed by atoms with Gasteiger partial charge in [0.1, 0.15) is 0 Å². The quantitative estimate of drug-likeness (QED) is 0.361. The fraction of sp³-hybridized carbons (Fsp3) is 0.0769. The lowest BCUT2D eigenvalue weighted by Gasteiger charge is -2.15. The molecule has 0 aliphatic heterocycles. The van der Waals surface area contributed by atoms with Crippen molar-refractivity contribution in [3.05, 3.63) is 111 Å². The van der Waals surface area contributed by atoms with Gasteiger partial charge in [0.2, 0.25) is 0 Å². The predicted octanol–water partition coefficient (Wildman–Crippen LogP) is 6.67. The second kappa shape index (κ2) is 7.95. The molecule has 0 unspecified atom stereocenters. The maximum atomic E-state index is 11.4. The molecule has 0 atom stereocenters. The lowest BCUT2D eigenvalue weighted by atomic mass is 9.95. The molecular formula is C26H19N3O2. The molecule has 3 aromatic carbocycles. The van der Waals surface area contributed by atoms with E-state index in [9.17, 15) is 10.1 Å². The summed E-state index contributed by atoms with van der Waals surface area (Å²) in [5.41, 5.74) is 7.28. The molecule has 0 saturated heterocycles. The van der Waals surface area contributed by atoms with Crippen molar-refractivity contribution in [2.75, 3.05) is 0 Å². The first kappa shape index (κ1) is 18.9. The summed E-state index contributed by atoms with van der Waals surface area (Å²) >= 11 is 0. The maximum absolute atomic E-state index is 11.4. The number of nitro groups is 1. The molecule has 5 heteroatoms. The molecule has 0 aromatic heterocycles. The summed E-state index contributed by atoms with van der Waals surface area (Å²) in [4.78, 5) is 20.8. The first-order valence-corrected chi connectivity index (χ1v) is 10.1. The highest BCUT2D eigenvalue weighted by molar-refractivity contribution is 6.09. The molecule has 2 aliphatic carbocycles. The van der Waals surface area contributed by atoms with Crippen molar-refractivity contribution in [3.8, 4) is 0 Å². The summed E-state index contributed by atoms with van der Waals surface area (Å²) in [5, 5.41) is 11.4. The Morgan fingerprint density at radius 3 is 1.84 bits per heavy atom. The van der Waals surface area contributed by atoms with Gasteiger partial charge < -0.3 is 0 Å². The van der Waals surface area contributed by atoms with E-state index in [0.717, 1.165) is 33.7 Å². The Morgan fingerprint density at radius 1 is 0.710 bits per heavy atom. The van der Waals surface area contributed by atoms with Gasteiger partial charge in [-0.05, 0) is 17.2 Å². The summed E-state index contributed by atoms with van der Waals surface area (Å²) in [5.74, 6) is 0. The van der Waals surface area contributed by atoms with Gasteiger partial charge in [0, 0.05) is 36.1 Å². The fourth-order valence-corrected chi connectivity index (χ4v) is 3.94. The van der Waals surface area contributed by atoms with Gasteiger partial charge in [-0.25, -0.2) is 4.99 Å². The molecule has 0 saturated carbocycles. The molecule has 5 rings (SSSR count). The smallest absolute Gasteiger partial charge is 0.258 e. The van der Waals surface area contributed by atoms with Crippen molar-refractivity contribution in [1.29, 1.82) is 0 Å². The van der Waals surface area contributed by atoms with Crippen LogP contribution in [0.5, 0.6) is 0 Å². The number of hydrogen-bond acceptors (Lipinski definition) is 4. The summed E-state index contributed by atoms with van der Waals surface area (Å²) in [7, 11) is 0. The van der Waals surface area contributed by atoms with Crippen LogP contribution in [0.4, 0.5) is 17.1 Å². The Bertz CT molecular complexity index is 1320. The van der Waals surface area contributed by atoms with Gasteiger partial charge in [0.15, 0.2) is 0 Å². The molecule has 3 aromatic rings. The van der Waals surface area contributed by atoms with Crippen molar-refractivity contribution in [2.24, 2.45) is 9.98 Å². The van der Waals surface area contributed by atoms with Crippen molar-refractivity contribution in [2.45, 2.75) is 12.8 Å². The van der Waals surface area contributed by atoms with Crippen LogP contribution in [0.25, 0.3) is 12.2 Å². The molecule has 0 amide bonds. The molecule has 0 N–H and O–H groups in total. The topological polar surface area (TPSA) is 67.9 Å². The minimum Gasteiger partial charge on any atom is -0.258 e. The van der Waals surface area contributed by atoms with Gasteiger partial charge in [-0.2, -0.15) is 0 Å². The number of nitro benzene ring substituents is 1. The minimum atomic E-state index is -0.395. The normalized spacial score (nSPS) is 16.9. The third kappa shape index (κ3) is 3.73. The van der Waals surface area contributed by atoms with Crippen LogP contribution >= 0.6 is 0 Å². The van der Waals surface area contributed by atoms with Crippen LogP contribution in [-0.2, 0) is 0 Å². The average molecular weight is 405 g/mol. The van der Waals surface area contributed by atoms with E-state index in [4.69, 9.17) is 9.98 Å². The zero-order chi connectivity index (χ0) is 21.2. The first-order valence-electron chi connectivity index (χ1n) is 10.1. The maximum Gasteiger partial charge on any atom is 0.271 e. The Hall–Kier alpha value is -4.12. The number of non-ortho nitro benzene ring substituents is 1. The Balaban J connectivity index is 1.64. The van der Waals surface area contributed by atoms with Gasteiger partial charge >= 0.3 is 0 Å². The van der Waals surface area contributed by atoms with Crippen molar-refractivity contribution >= 4 is 40.6 Å². The number of fused-ring (bicyclic) bond motifs is 2. The molecule has 2 aliphatic rings. The highest BCUT2D eigenvalue weighted by Gasteiger charge is 2.16. The summed E-state index contributed by atoms with van der Waals surface area (Å²) in [6.07, 6.45) is 9.69. The zero-order valence-electron chi connectivity index (χ0n) is 16.7. The van der Waals surface area contributed by atoms with Crippen LogP contribution in [0.1, 0.15) is 35.1 Å². The minimum absolute atomic E-state index is 0.00637. The molecule has 0 bridgehead atoms. The number of aliphatic imine (C=N–C) groups is 2. The van der Waals surface area contributed by atoms with E-state index in [1.165, 1.54) is 12.1 Å². The molecule has 0 radical (unpaired) electrons. The van der Waals surface area contributed by atoms with Gasteiger partial charge in [-0.3, -0.25) is 15.1 Å². The standard InChI is InChI=1S/C26H19N3O2/c30-29(31)20-15-16-25(27-23-13-5-9-18-7-1-3-11-21(18)23)26(17-20)28-24-14-6-10-19-8-2-4-12-22(19)24/h1-12,15-17H,13-14H2. The highest BCUT2D eigenvalue weighted by Crippen LogP contribution is 2.35. The van der Waals surface area contributed by atoms with Crippen LogP contribution in [0.3, 0.4) is 0 Å². The Labute approximate surface area is 180 Å². The Kier molecular flexibility index (Phi) is 4.84. The van der Waals surface area contributed by atoms with E-state index in [1.807, 2.05) is 36.4 Å². The van der Waals surface area contributed by atoms with Crippen molar-refractivity contribution < 1.29 is 4.92 Å².